The summed E-state index contributed by atoms with van der Waals surface area (Å²) >= 11 is 0. The fraction of sp³-hybridized carbons (Fsp3) is 0.273. The smallest absolute Gasteiger partial charge is 0.359 e. The summed E-state index contributed by atoms with van der Waals surface area (Å²) < 4.78 is 6.42. The fourth-order valence-electron chi connectivity index (χ4n) is 2.94. The Kier molecular flexibility index (Phi) is 5.68. The van der Waals surface area contributed by atoms with E-state index < -0.39 is 5.97 Å². The van der Waals surface area contributed by atoms with Gasteiger partial charge in [0, 0.05) is 17.5 Å². The number of hydrogen-bond donors (Lipinski definition) is 0. The van der Waals surface area contributed by atoms with Gasteiger partial charge in [-0.2, -0.15) is 5.10 Å². The van der Waals surface area contributed by atoms with Crippen LogP contribution in [0, 0.1) is 0 Å². The highest BCUT2D eigenvalue weighted by Crippen LogP contribution is 2.16. The van der Waals surface area contributed by atoms with E-state index in [-0.39, 0.29) is 23.6 Å². The lowest BCUT2D eigenvalue weighted by molar-refractivity contribution is 0.0468. The van der Waals surface area contributed by atoms with Crippen LogP contribution in [0.4, 0.5) is 0 Å². The molecule has 0 atom stereocenters. The molecule has 0 N–H and O–H groups in total. The minimum atomic E-state index is -0.731. The maximum atomic E-state index is 12.6. The van der Waals surface area contributed by atoms with E-state index in [0.29, 0.717) is 28.8 Å². The summed E-state index contributed by atoms with van der Waals surface area (Å²) in [6.45, 7) is 5.85. The van der Waals surface area contributed by atoms with Crippen LogP contribution in [-0.2, 0) is 11.3 Å². The van der Waals surface area contributed by atoms with E-state index in [9.17, 15) is 14.4 Å². The second kappa shape index (κ2) is 8.17. The van der Waals surface area contributed by atoms with Crippen molar-refractivity contribution in [2.75, 3.05) is 6.61 Å². The van der Waals surface area contributed by atoms with Gasteiger partial charge in [0.15, 0.2) is 18.1 Å². The van der Waals surface area contributed by atoms with Gasteiger partial charge in [-0.3, -0.25) is 9.59 Å². The van der Waals surface area contributed by atoms with E-state index in [4.69, 9.17) is 4.74 Å². The van der Waals surface area contributed by atoms with Crippen molar-refractivity contribution < 1.29 is 14.3 Å². The Labute approximate surface area is 162 Å². The van der Waals surface area contributed by atoms with Crippen LogP contribution >= 0.6 is 0 Å². The molecule has 0 spiro atoms. The first kappa shape index (κ1) is 19.5. The van der Waals surface area contributed by atoms with Crippen LogP contribution in [0.2, 0.25) is 0 Å². The highest BCUT2D eigenvalue weighted by Gasteiger charge is 2.19. The SMILES string of the molecule is CCn1nc(C(=O)OCC(=O)c2ccc(C(C)C)cc2)c2ccccc2c1=O. The number of hydrogen-bond acceptors (Lipinski definition) is 5. The van der Waals surface area contributed by atoms with E-state index in [1.807, 2.05) is 12.1 Å². The van der Waals surface area contributed by atoms with Crippen LogP contribution in [0.5, 0.6) is 0 Å². The highest BCUT2D eigenvalue weighted by molar-refractivity contribution is 6.04. The molecule has 0 fully saturated rings. The zero-order valence-electron chi connectivity index (χ0n) is 16.1. The number of aryl methyl sites for hydroxylation is 1. The second-order valence-electron chi connectivity index (χ2n) is 6.79. The van der Waals surface area contributed by atoms with Crippen molar-refractivity contribution >= 4 is 22.5 Å². The molecule has 1 heterocycles. The molecule has 0 bridgehead atoms. The molecule has 0 aliphatic heterocycles. The number of fused-ring (bicyclic) bond motifs is 1. The molecule has 0 unspecified atom stereocenters. The highest BCUT2D eigenvalue weighted by atomic mass is 16.5. The molecule has 144 valence electrons. The first-order chi connectivity index (χ1) is 13.4. The van der Waals surface area contributed by atoms with Crippen molar-refractivity contribution in [3.05, 3.63) is 75.7 Å². The summed E-state index contributed by atoms with van der Waals surface area (Å²) in [6.07, 6.45) is 0. The van der Waals surface area contributed by atoms with Gasteiger partial charge < -0.3 is 4.74 Å². The molecule has 0 aliphatic rings. The molecule has 6 nitrogen and oxygen atoms in total. The van der Waals surface area contributed by atoms with Crippen LogP contribution in [0.3, 0.4) is 0 Å². The summed E-state index contributed by atoms with van der Waals surface area (Å²) in [4.78, 5) is 37.3. The van der Waals surface area contributed by atoms with E-state index in [0.717, 1.165) is 5.56 Å². The maximum Gasteiger partial charge on any atom is 0.359 e. The van der Waals surface area contributed by atoms with E-state index in [1.165, 1.54) is 4.68 Å². The molecular formula is C22H22N2O4. The predicted octanol–water partition coefficient (Wildman–Crippen LogP) is 3.58. The van der Waals surface area contributed by atoms with Gasteiger partial charge >= 0.3 is 5.97 Å². The maximum absolute atomic E-state index is 12.6. The number of Topliss-reactive ketones (excluding diaryl/α,β-unsaturated/α-hetero) is 1. The lowest BCUT2D eigenvalue weighted by Crippen LogP contribution is -2.26. The number of ether oxygens (including phenoxy) is 1. The van der Waals surface area contributed by atoms with Crippen molar-refractivity contribution in [3.8, 4) is 0 Å². The standard InChI is InChI=1S/C22H22N2O4/c1-4-24-21(26)18-8-6-5-7-17(18)20(23-24)22(27)28-13-19(25)16-11-9-15(10-12-16)14(2)3/h5-12,14H,4,13H2,1-3H3. The van der Waals surface area contributed by atoms with Crippen LogP contribution in [0.25, 0.3) is 10.8 Å². The van der Waals surface area contributed by atoms with Gasteiger partial charge in [0.05, 0.1) is 5.39 Å². The minimum Gasteiger partial charge on any atom is -0.452 e. The Morgan fingerprint density at radius 3 is 2.29 bits per heavy atom. The molecule has 3 aromatic rings. The van der Waals surface area contributed by atoms with Crippen LogP contribution in [0.1, 0.15) is 53.1 Å². The van der Waals surface area contributed by atoms with Gasteiger partial charge in [0.25, 0.3) is 5.56 Å². The van der Waals surface area contributed by atoms with E-state index in [2.05, 4.69) is 18.9 Å². The normalized spacial score (nSPS) is 11.0. The molecule has 0 saturated carbocycles. The van der Waals surface area contributed by atoms with Gasteiger partial charge in [0.1, 0.15) is 0 Å². The van der Waals surface area contributed by atoms with Crippen molar-refractivity contribution in [3.63, 3.8) is 0 Å². The fourth-order valence-corrected chi connectivity index (χ4v) is 2.94. The monoisotopic (exact) mass is 378 g/mol. The van der Waals surface area contributed by atoms with Crippen LogP contribution in [0.15, 0.2) is 53.3 Å². The largest absolute Gasteiger partial charge is 0.452 e. The number of aromatic nitrogens is 2. The number of esters is 1. The Balaban J connectivity index is 1.81. The van der Waals surface area contributed by atoms with Crippen molar-refractivity contribution in [1.82, 2.24) is 9.78 Å². The summed E-state index contributed by atoms with van der Waals surface area (Å²) in [5.41, 5.74) is 1.37. The Morgan fingerprint density at radius 2 is 1.68 bits per heavy atom. The Hall–Kier alpha value is -3.28. The number of benzene rings is 2. The van der Waals surface area contributed by atoms with Gasteiger partial charge in [-0.25, -0.2) is 9.48 Å². The van der Waals surface area contributed by atoms with Gasteiger partial charge in [0.2, 0.25) is 0 Å². The number of ketones is 1. The lowest BCUT2D eigenvalue weighted by atomic mass is 10.0. The molecular weight excluding hydrogens is 356 g/mol. The Morgan fingerprint density at radius 1 is 1.04 bits per heavy atom. The van der Waals surface area contributed by atoms with E-state index in [1.54, 1.807) is 43.3 Å². The molecule has 0 radical (unpaired) electrons. The average molecular weight is 378 g/mol. The topological polar surface area (TPSA) is 78.3 Å². The first-order valence-electron chi connectivity index (χ1n) is 9.22. The summed E-state index contributed by atoms with van der Waals surface area (Å²) in [7, 11) is 0. The number of carbonyl (C=O) groups excluding carboxylic acids is 2. The molecule has 0 amide bonds. The number of carbonyl (C=O) groups is 2. The average Bonchev–Trinajstić information content (AvgIpc) is 2.72. The summed E-state index contributed by atoms with van der Waals surface area (Å²) in [5, 5.41) is 4.92. The minimum absolute atomic E-state index is 0.0278. The summed E-state index contributed by atoms with van der Waals surface area (Å²) in [5.74, 6) is -0.655. The third kappa shape index (κ3) is 3.86. The quantitative estimate of drug-likeness (QED) is 0.484. The van der Waals surface area contributed by atoms with E-state index >= 15 is 0 Å². The van der Waals surface area contributed by atoms with Crippen molar-refractivity contribution in [1.29, 1.82) is 0 Å². The third-order valence-electron chi connectivity index (χ3n) is 4.59. The molecule has 2 aromatic carbocycles. The molecule has 28 heavy (non-hydrogen) atoms. The Bertz CT molecular complexity index is 1080. The van der Waals surface area contributed by atoms with Gasteiger partial charge in [-0.05, 0) is 24.5 Å². The lowest BCUT2D eigenvalue weighted by Gasteiger charge is -2.10. The second-order valence-corrected chi connectivity index (χ2v) is 6.79. The molecule has 0 aliphatic carbocycles. The third-order valence-corrected chi connectivity index (χ3v) is 4.59. The zero-order chi connectivity index (χ0) is 20.3. The molecule has 0 saturated heterocycles. The van der Waals surface area contributed by atoms with Crippen LogP contribution < -0.4 is 5.56 Å². The number of rotatable bonds is 6. The van der Waals surface area contributed by atoms with Crippen LogP contribution in [-0.4, -0.2) is 28.1 Å². The first-order valence-corrected chi connectivity index (χ1v) is 9.22. The zero-order valence-corrected chi connectivity index (χ0v) is 16.1. The number of nitrogens with zero attached hydrogens (tertiary/aromatic N) is 2. The molecule has 1 aromatic heterocycles. The predicted molar refractivity (Wildman–Crippen MR) is 107 cm³/mol. The van der Waals surface area contributed by atoms with Gasteiger partial charge in [-0.1, -0.05) is 56.3 Å². The van der Waals surface area contributed by atoms with Gasteiger partial charge in [-0.15, -0.1) is 0 Å². The molecule has 6 heteroatoms. The summed E-state index contributed by atoms with van der Waals surface area (Å²) in [6, 6.07) is 14.0. The van der Waals surface area contributed by atoms with Crippen molar-refractivity contribution in [2.24, 2.45) is 0 Å². The molecule has 3 rings (SSSR count). The van der Waals surface area contributed by atoms with Crippen molar-refractivity contribution in [2.45, 2.75) is 33.2 Å².